The highest BCUT2D eigenvalue weighted by atomic mass is 16.5. The number of hydrogen-bond acceptors (Lipinski definition) is 6. The van der Waals surface area contributed by atoms with E-state index in [-0.39, 0.29) is 29.5 Å². The minimum atomic E-state index is -0.262. The van der Waals surface area contributed by atoms with Crippen LogP contribution in [-0.4, -0.2) is 28.4 Å². The maximum Gasteiger partial charge on any atom is 0.260 e. The molecule has 3 heterocycles. The minimum absolute atomic E-state index is 0.0739. The summed E-state index contributed by atoms with van der Waals surface area (Å²) in [4.78, 5) is 16.9. The molecule has 7 heteroatoms. The van der Waals surface area contributed by atoms with Crippen molar-refractivity contribution in [1.82, 2.24) is 9.55 Å². The lowest BCUT2D eigenvalue weighted by atomic mass is 10.0. The van der Waals surface area contributed by atoms with Gasteiger partial charge >= 0.3 is 0 Å². The lowest BCUT2D eigenvalue weighted by Crippen LogP contribution is -2.26. The Hall–Kier alpha value is -3.11. The molecule has 1 unspecified atom stereocenters. The monoisotopic (exact) mass is 339 g/mol. The van der Waals surface area contributed by atoms with Crippen LogP contribution in [0.1, 0.15) is 11.3 Å². The molecular weight excluding hydrogens is 322 g/mol. The summed E-state index contributed by atoms with van der Waals surface area (Å²) in [6.07, 6.45) is 3.74. The number of nitriles is 1. The predicted molar refractivity (Wildman–Crippen MR) is 90.3 cm³/mol. The summed E-state index contributed by atoms with van der Waals surface area (Å²) in [6, 6.07) is 8.78. The van der Waals surface area contributed by atoms with Gasteiger partial charge in [-0.15, -0.1) is 0 Å². The maximum atomic E-state index is 12.7. The van der Waals surface area contributed by atoms with Gasteiger partial charge in [0.05, 0.1) is 24.3 Å². The van der Waals surface area contributed by atoms with E-state index in [4.69, 9.17) is 9.15 Å². The largest absolute Gasteiger partial charge is 0.480 e. The molecule has 25 heavy (non-hydrogen) atoms. The van der Waals surface area contributed by atoms with Crippen LogP contribution < -0.4 is 10.3 Å². The molecule has 0 spiro atoms. The second-order valence-corrected chi connectivity index (χ2v) is 5.70. The lowest BCUT2D eigenvalue weighted by Gasteiger charge is -2.15. The first-order valence-electron chi connectivity index (χ1n) is 7.77. The Bertz CT molecular complexity index is 970. The van der Waals surface area contributed by atoms with Crippen molar-refractivity contribution < 1.29 is 14.3 Å². The first-order valence-corrected chi connectivity index (χ1v) is 7.77. The van der Waals surface area contributed by atoms with Crippen molar-refractivity contribution in [3.8, 4) is 11.9 Å². The van der Waals surface area contributed by atoms with Crippen molar-refractivity contribution in [2.45, 2.75) is 13.0 Å². The summed E-state index contributed by atoms with van der Waals surface area (Å²) in [5.74, 6) is 0.784. The Morgan fingerprint density at radius 1 is 1.48 bits per heavy atom. The van der Waals surface area contributed by atoms with Gasteiger partial charge in [0, 0.05) is 31.7 Å². The number of fused-ring (bicyclic) bond motifs is 1. The highest BCUT2D eigenvalue weighted by Gasteiger charge is 2.15. The zero-order valence-corrected chi connectivity index (χ0v) is 13.7. The molecule has 3 aromatic heterocycles. The van der Waals surface area contributed by atoms with Gasteiger partial charge in [0.1, 0.15) is 17.4 Å². The third kappa shape index (κ3) is 3.39. The van der Waals surface area contributed by atoms with Crippen molar-refractivity contribution in [2.24, 2.45) is 5.92 Å². The van der Waals surface area contributed by atoms with Gasteiger partial charge in [-0.05, 0) is 24.3 Å². The Kier molecular flexibility index (Phi) is 4.82. The van der Waals surface area contributed by atoms with E-state index in [0.717, 1.165) is 5.76 Å². The van der Waals surface area contributed by atoms with E-state index >= 15 is 0 Å². The molecule has 0 aliphatic carbocycles. The van der Waals surface area contributed by atoms with Crippen LogP contribution in [0.5, 0.6) is 5.88 Å². The van der Waals surface area contributed by atoms with E-state index in [9.17, 15) is 15.2 Å². The molecule has 1 N–H and O–H groups in total. The van der Waals surface area contributed by atoms with Crippen LogP contribution in [0.3, 0.4) is 0 Å². The number of ether oxygens (including phenoxy) is 1. The van der Waals surface area contributed by atoms with Crippen LogP contribution in [0.2, 0.25) is 0 Å². The Morgan fingerprint density at radius 2 is 2.32 bits per heavy atom. The van der Waals surface area contributed by atoms with Gasteiger partial charge in [-0.3, -0.25) is 4.79 Å². The van der Waals surface area contributed by atoms with Crippen LogP contribution in [0.15, 0.2) is 45.9 Å². The van der Waals surface area contributed by atoms with Crippen molar-refractivity contribution in [3.63, 3.8) is 0 Å². The predicted octanol–water partition coefficient (Wildman–Crippen LogP) is 1.72. The van der Waals surface area contributed by atoms with E-state index < -0.39 is 0 Å². The number of aromatic nitrogens is 2. The Morgan fingerprint density at radius 3 is 2.96 bits per heavy atom. The first-order chi connectivity index (χ1) is 12.2. The maximum absolute atomic E-state index is 12.7. The fourth-order valence-electron chi connectivity index (χ4n) is 2.75. The van der Waals surface area contributed by atoms with Gasteiger partial charge in [0.15, 0.2) is 0 Å². The van der Waals surface area contributed by atoms with Gasteiger partial charge in [0.25, 0.3) is 5.56 Å². The second-order valence-electron chi connectivity index (χ2n) is 5.70. The molecule has 3 rings (SSSR count). The highest BCUT2D eigenvalue weighted by Crippen LogP contribution is 2.19. The van der Waals surface area contributed by atoms with Crippen LogP contribution in [0.25, 0.3) is 10.9 Å². The van der Waals surface area contributed by atoms with Crippen molar-refractivity contribution in [3.05, 3.63) is 58.4 Å². The number of hydrogen-bond donors (Lipinski definition) is 1. The standard InChI is InChI=1S/C18H17N3O4/c1-24-17-13(9-19)8-15-16(20-17)4-5-21(18(15)23)10-12(11-22)7-14-3-2-6-25-14/h2-6,8,12,22H,7,10-11H2,1H3. The van der Waals surface area contributed by atoms with Gasteiger partial charge in [-0.1, -0.05) is 0 Å². The summed E-state index contributed by atoms with van der Waals surface area (Å²) in [5.41, 5.74) is 0.407. The number of nitrogens with zero attached hydrogens (tertiary/aromatic N) is 3. The van der Waals surface area contributed by atoms with Crippen molar-refractivity contribution in [1.29, 1.82) is 5.26 Å². The van der Waals surface area contributed by atoms with Crippen LogP contribution in [-0.2, 0) is 13.0 Å². The summed E-state index contributed by atoms with van der Waals surface area (Å²) < 4.78 is 11.9. The average Bonchev–Trinajstić information content (AvgIpc) is 3.15. The second kappa shape index (κ2) is 7.20. The lowest BCUT2D eigenvalue weighted by molar-refractivity contribution is 0.203. The summed E-state index contributed by atoms with van der Waals surface area (Å²) >= 11 is 0. The molecule has 3 aromatic rings. The number of furan rings is 1. The molecule has 0 aliphatic rings. The normalized spacial score (nSPS) is 12.0. The van der Waals surface area contributed by atoms with Gasteiger partial charge in [-0.2, -0.15) is 5.26 Å². The molecule has 7 nitrogen and oxygen atoms in total. The molecular formula is C18H17N3O4. The van der Waals surface area contributed by atoms with Gasteiger partial charge in [-0.25, -0.2) is 4.98 Å². The smallest absolute Gasteiger partial charge is 0.260 e. The van der Waals surface area contributed by atoms with E-state index in [1.807, 2.05) is 12.1 Å². The number of pyridine rings is 2. The van der Waals surface area contributed by atoms with Crippen LogP contribution >= 0.6 is 0 Å². The fourth-order valence-corrected chi connectivity index (χ4v) is 2.75. The highest BCUT2D eigenvalue weighted by molar-refractivity contribution is 5.79. The average molecular weight is 339 g/mol. The third-order valence-electron chi connectivity index (χ3n) is 4.02. The zero-order valence-electron chi connectivity index (χ0n) is 13.7. The van der Waals surface area contributed by atoms with Crippen molar-refractivity contribution in [2.75, 3.05) is 13.7 Å². The quantitative estimate of drug-likeness (QED) is 0.734. The molecule has 1 atom stereocenters. The molecule has 0 saturated heterocycles. The SMILES string of the molecule is COc1nc2ccn(CC(CO)Cc3ccco3)c(=O)c2cc1C#N. The van der Waals surface area contributed by atoms with Gasteiger partial charge < -0.3 is 18.8 Å². The molecule has 0 bridgehead atoms. The summed E-state index contributed by atoms with van der Waals surface area (Å²) in [7, 11) is 1.43. The van der Waals surface area contributed by atoms with E-state index in [1.165, 1.54) is 17.7 Å². The molecule has 0 fully saturated rings. The zero-order chi connectivity index (χ0) is 17.8. The fraction of sp³-hybridized carbons (Fsp3) is 0.278. The van der Waals surface area contributed by atoms with E-state index in [0.29, 0.717) is 23.9 Å². The molecule has 128 valence electrons. The van der Waals surface area contributed by atoms with Gasteiger partial charge in [0.2, 0.25) is 5.88 Å². The first kappa shape index (κ1) is 16.7. The van der Waals surface area contributed by atoms with E-state index in [1.54, 1.807) is 24.6 Å². The number of methoxy groups -OCH3 is 1. The Balaban J connectivity index is 1.95. The van der Waals surface area contributed by atoms with Crippen molar-refractivity contribution >= 4 is 10.9 Å². The summed E-state index contributed by atoms with van der Waals surface area (Å²) in [5, 5.41) is 19.1. The molecule has 0 radical (unpaired) electrons. The molecule has 0 saturated carbocycles. The third-order valence-corrected chi connectivity index (χ3v) is 4.02. The van der Waals surface area contributed by atoms with Crippen LogP contribution in [0.4, 0.5) is 0 Å². The molecule has 0 aliphatic heterocycles. The summed E-state index contributed by atoms with van der Waals surface area (Å²) in [6.45, 7) is 0.259. The number of rotatable bonds is 6. The van der Waals surface area contributed by atoms with E-state index in [2.05, 4.69) is 4.98 Å². The van der Waals surface area contributed by atoms with Crippen LogP contribution in [0, 0.1) is 17.2 Å². The molecule has 0 amide bonds. The topological polar surface area (TPSA) is 101 Å². The molecule has 0 aromatic carbocycles. The number of aliphatic hydroxyl groups is 1. The minimum Gasteiger partial charge on any atom is -0.480 e. The Labute approximate surface area is 143 Å². The number of aliphatic hydroxyl groups excluding tert-OH is 1.